The number of amides is 1. The average molecular weight is 412 g/mol. The first-order valence-electron chi connectivity index (χ1n) is 8.95. The highest BCUT2D eigenvalue weighted by Crippen LogP contribution is 2.27. The molecule has 1 saturated carbocycles. The van der Waals surface area contributed by atoms with E-state index in [1.807, 2.05) is 12.1 Å². The Morgan fingerprint density at radius 3 is 2.48 bits per heavy atom. The standard InChI is InChI=1S/C20H25N3O2.2ClH/c21-14-19(15-5-2-1-3-6-15)23-20(24)16-7-4-8-18(13-16)25-17-9-11-22-12-10-17;;/h4,7-13,15,19H,1-3,5-6,14,21H2,(H,23,24);2*1H. The second kappa shape index (κ2) is 11.8. The monoisotopic (exact) mass is 411 g/mol. The van der Waals surface area contributed by atoms with Crippen LogP contribution in [0, 0.1) is 5.92 Å². The molecule has 1 aliphatic rings. The number of pyridine rings is 1. The Bertz CT molecular complexity index is 695. The lowest BCUT2D eigenvalue weighted by Crippen LogP contribution is -2.45. The minimum absolute atomic E-state index is 0. The number of halogens is 2. The lowest BCUT2D eigenvalue weighted by molar-refractivity contribution is 0.0915. The molecule has 1 fully saturated rings. The topological polar surface area (TPSA) is 77.2 Å². The van der Waals surface area contributed by atoms with Gasteiger partial charge in [-0.15, -0.1) is 24.8 Å². The van der Waals surface area contributed by atoms with Crippen LogP contribution in [0.4, 0.5) is 0 Å². The normalized spacial score (nSPS) is 15.0. The van der Waals surface area contributed by atoms with Crippen molar-refractivity contribution in [2.24, 2.45) is 11.7 Å². The highest BCUT2D eigenvalue weighted by Gasteiger charge is 2.24. The largest absolute Gasteiger partial charge is 0.457 e. The van der Waals surface area contributed by atoms with E-state index in [2.05, 4.69) is 10.3 Å². The number of rotatable bonds is 6. The Morgan fingerprint density at radius 1 is 1.11 bits per heavy atom. The number of nitrogens with zero attached hydrogens (tertiary/aromatic N) is 1. The molecule has 2 aromatic rings. The van der Waals surface area contributed by atoms with Gasteiger partial charge < -0.3 is 15.8 Å². The van der Waals surface area contributed by atoms with Crippen molar-refractivity contribution in [3.8, 4) is 11.5 Å². The summed E-state index contributed by atoms with van der Waals surface area (Å²) in [5.41, 5.74) is 6.50. The molecule has 0 saturated heterocycles. The van der Waals surface area contributed by atoms with Crippen molar-refractivity contribution < 1.29 is 9.53 Å². The van der Waals surface area contributed by atoms with Crippen LogP contribution < -0.4 is 15.8 Å². The number of ether oxygens (including phenoxy) is 1. The highest BCUT2D eigenvalue weighted by molar-refractivity contribution is 5.94. The first kappa shape index (κ1) is 23.2. The van der Waals surface area contributed by atoms with Crippen molar-refractivity contribution in [2.75, 3.05) is 6.54 Å². The molecule has 5 nitrogen and oxygen atoms in total. The molecule has 0 spiro atoms. The van der Waals surface area contributed by atoms with Crippen LogP contribution in [0.25, 0.3) is 0 Å². The Morgan fingerprint density at radius 2 is 1.81 bits per heavy atom. The summed E-state index contributed by atoms with van der Waals surface area (Å²) in [4.78, 5) is 16.6. The van der Waals surface area contributed by atoms with Gasteiger partial charge in [0.2, 0.25) is 0 Å². The van der Waals surface area contributed by atoms with Crippen molar-refractivity contribution in [1.82, 2.24) is 10.3 Å². The molecule has 1 atom stereocenters. The number of carbonyl (C=O) groups excluding carboxylic acids is 1. The zero-order chi connectivity index (χ0) is 17.5. The number of nitrogens with two attached hydrogens (primary N) is 1. The van der Waals surface area contributed by atoms with E-state index in [-0.39, 0.29) is 36.8 Å². The van der Waals surface area contributed by atoms with Crippen LogP contribution in [-0.4, -0.2) is 23.5 Å². The van der Waals surface area contributed by atoms with Crippen molar-refractivity contribution in [1.29, 1.82) is 0 Å². The third kappa shape index (κ3) is 6.69. The molecule has 3 rings (SSSR count). The fourth-order valence-corrected chi connectivity index (χ4v) is 3.40. The van der Waals surface area contributed by atoms with E-state index < -0.39 is 0 Å². The number of nitrogens with one attached hydrogen (secondary N) is 1. The number of aromatic nitrogens is 1. The molecule has 7 heteroatoms. The van der Waals surface area contributed by atoms with Gasteiger partial charge >= 0.3 is 0 Å². The van der Waals surface area contributed by atoms with E-state index >= 15 is 0 Å². The van der Waals surface area contributed by atoms with Crippen LogP contribution in [0.1, 0.15) is 42.5 Å². The van der Waals surface area contributed by atoms with Crippen molar-refractivity contribution >= 4 is 30.7 Å². The van der Waals surface area contributed by atoms with Gasteiger partial charge in [0.25, 0.3) is 5.91 Å². The second-order valence-corrected chi connectivity index (χ2v) is 6.53. The SMILES string of the molecule is Cl.Cl.NCC(NC(=O)c1cccc(Oc2ccncc2)c1)C1CCCCC1. The first-order valence-corrected chi connectivity index (χ1v) is 8.95. The quantitative estimate of drug-likeness (QED) is 0.739. The van der Waals surface area contributed by atoms with E-state index in [9.17, 15) is 4.79 Å². The zero-order valence-electron chi connectivity index (χ0n) is 15.2. The minimum atomic E-state index is -0.0961. The fraction of sp³-hybridized carbons (Fsp3) is 0.400. The third-order valence-corrected chi connectivity index (χ3v) is 4.77. The lowest BCUT2D eigenvalue weighted by Gasteiger charge is -2.30. The second-order valence-electron chi connectivity index (χ2n) is 6.53. The predicted molar refractivity (Wildman–Crippen MR) is 112 cm³/mol. The molecule has 27 heavy (non-hydrogen) atoms. The summed E-state index contributed by atoms with van der Waals surface area (Å²) in [5.74, 6) is 1.70. The molecule has 0 bridgehead atoms. The number of benzene rings is 1. The summed E-state index contributed by atoms with van der Waals surface area (Å²) in [7, 11) is 0. The van der Waals surface area contributed by atoms with Gasteiger partial charge in [-0.2, -0.15) is 0 Å². The van der Waals surface area contributed by atoms with Crippen LogP contribution in [0.2, 0.25) is 0 Å². The van der Waals surface area contributed by atoms with Crippen molar-refractivity contribution in [3.63, 3.8) is 0 Å². The summed E-state index contributed by atoms with van der Waals surface area (Å²) in [6, 6.07) is 10.8. The predicted octanol–water partition coefficient (Wildman–Crippen LogP) is 4.35. The number of hydrogen-bond acceptors (Lipinski definition) is 4. The molecule has 0 aliphatic heterocycles. The number of carbonyl (C=O) groups is 1. The Hall–Kier alpha value is -1.82. The van der Waals surface area contributed by atoms with E-state index in [1.165, 1.54) is 19.3 Å². The van der Waals surface area contributed by atoms with Crippen LogP contribution in [0.3, 0.4) is 0 Å². The Balaban J connectivity index is 0.00000182. The summed E-state index contributed by atoms with van der Waals surface area (Å²) < 4.78 is 5.77. The van der Waals surface area contributed by atoms with Crippen LogP contribution in [-0.2, 0) is 0 Å². The van der Waals surface area contributed by atoms with E-state index in [0.717, 1.165) is 12.8 Å². The molecule has 1 aliphatic carbocycles. The average Bonchev–Trinajstić information content (AvgIpc) is 2.67. The highest BCUT2D eigenvalue weighted by atomic mass is 35.5. The van der Waals surface area contributed by atoms with Gasteiger partial charge in [-0.3, -0.25) is 9.78 Å². The smallest absolute Gasteiger partial charge is 0.251 e. The van der Waals surface area contributed by atoms with Crippen LogP contribution >= 0.6 is 24.8 Å². The number of hydrogen-bond donors (Lipinski definition) is 2. The molecule has 1 heterocycles. The summed E-state index contributed by atoms with van der Waals surface area (Å²) in [5, 5.41) is 3.11. The Kier molecular flexibility index (Phi) is 10.1. The van der Waals surface area contributed by atoms with Crippen molar-refractivity contribution in [3.05, 3.63) is 54.4 Å². The molecular formula is C20H27Cl2N3O2. The molecule has 0 radical (unpaired) electrons. The van der Waals surface area contributed by atoms with E-state index in [1.54, 1.807) is 36.7 Å². The van der Waals surface area contributed by atoms with Gasteiger partial charge in [-0.05, 0) is 49.1 Å². The van der Waals surface area contributed by atoms with Gasteiger partial charge in [0.05, 0.1) is 0 Å². The van der Waals surface area contributed by atoms with Gasteiger partial charge in [-0.25, -0.2) is 0 Å². The Labute approximate surface area is 172 Å². The zero-order valence-corrected chi connectivity index (χ0v) is 16.8. The molecule has 3 N–H and O–H groups in total. The van der Waals surface area contributed by atoms with E-state index in [4.69, 9.17) is 10.5 Å². The molecular weight excluding hydrogens is 385 g/mol. The molecule has 148 valence electrons. The summed E-state index contributed by atoms with van der Waals surface area (Å²) >= 11 is 0. The minimum Gasteiger partial charge on any atom is -0.457 e. The van der Waals surface area contributed by atoms with Gasteiger partial charge in [0.15, 0.2) is 0 Å². The molecule has 1 amide bonds. The van der Waals surface area contributed by atoms with Crippen LogP contribution in [0.5, 0.6) is 11.5 Å². The van der Waals surface area contributed by atoms with Gasteiger partial charge in [-0.1, -0.05) is 25.3 Å². The van der Waals surface area contributed by atoms with E-state index in [0.29, 0.717) is 29.5 Å². The molecule has 1 unspecified atom stereocenters. The lowest BCUT2D eigenvalue weighted by atomic mass is 9.84. The van der Waals surface area contributed by atoms with Gasteiger partial charge in [0.1, 0.15) is 11.5 Å². The van der Waals surface area contributed by atoms with Crippen molar-refractivity contribution in [2.45, 2.75) is 38.1 Å². The maximum Gasteiger partial charge on any atom is 0.251 e. The molecule has 1 aromatic heterocycles. The maximum atomic E-state index is 12.6. The summed E-state index contributed by atoms with van der Waals surface area (Å²) in [6.45, 7) is 0.476. The molecule has 1 aromatic carbocycles. The first-order chi connectivity index (χ1) is 12.3. The summed E-state index contributed by atoms with van der Waals surface area (Å²) in [6.07, 6.45) is 9.37. The fourth-order valence-electron chi connectivity index (χ4n) is 3.40. The van der Waals surface area contributed by atoms with Crippen LogP contribution in [0.15, 0.2) is 48.8 Å². The maximum absolute atomic E-state index is 12.6. The van der Waals surface area contributed by atoms with Gasteiger partial charge in [0, 0.05) is 30.5 Å². The third-order valence-electron chi connectivity index (χ3n) is 4.77.